The summed E-state index contributed by atoms with van der Waals surface area (Å²) in [6, 6.07) is 0. The van der Waals surface area contributed by atoms with Crippen molar-refractivity contribution in [2.24, 2.45) is 5.92 Å². The molecule has 0 saturated carbocycles. The normalized spacial score (nSPS) is 13.5. The van der Waals surface area contributed by atoms with E-state index in [9.17, 15) is 4.79 Å². The molecule has 0 aliphatic carbocycles. The molecule has 0 fully saturated rings. The molecule has 0 heterocycles. The number of hydrogen-bond acceptors (Lipinski definition) is 1. The summed E-state index contributed by atoms with van der Waals surface area (Å²) in [5, 5.41) is 8.96. The summed E-state index contributed by atoms with van der Waals surface area (Å²) < 4.78 is 0. The average molecular weight is 306 g/mol. The molecule has 0 aliphatic heterocycles. The minimum Gasteiger partial charge on any atom is -0.481 e. The van der Waals surface area contributed by atoms with Gasteiger partial charge < -0.3 is 5.11 Å². The van der Waals surface area contributed by atoms with Crippen molar-refractivity contribution in [1.29, 1.82) is 0 Å². The zero-order valence-corrected chi connectivity index (χ0v) is 14.5. The summed E-state index contributed by atoms with van der Waals surface area (Å²) in [6.07, 6.45) is 23.8. The zero-order valence-electron chi connectivity index (χ0n) is 14.5. The Morgan fingerprint density at radius 1 is 0.864 bits per heavy atom. The van der Waals surface area contributed by atoms with Gasteiger partial charge in [-0.3, -0.25) is 4.79 Å². The molecule has 0 radical (unpaired) electrons. The third kappa shape index (κ3) is 13.7. The number of unbranched alkanes of at least 4 members (excludes halogenated alkanes) is 4. The highest BCUT2D eigenvalue weighted by Crippen LogP contribution is 2.15. The molecular formula is C20H34O2. The highest BCUT2D eigenvalue weighted by Gasteiger charge is 2.13. The topological polar surface area (TPSA) is 37.3 Å². The lowest BCUT2D eigenvalue weighted by Crippen LogP contribution is -2.12. The predicted octanol–water partition coefficient (Wildman–Crippen LogP) is 6.30. The van der Waals surface area contributed by atoms with Crippen molar-refractivity contribution in [2.75, 3.05) is 0 Å². The van der Waals surface area contributed by atoms with Crippen molar-refractivity contribution in [3.63, 3.8) is 0 Å². The molecule has 1 N–H and O–H groups in total. The maximum Gasteiger partial charge on any atom is 0.306 e. The summed E-state index contributed by atoms with van der Waals surface area (Å²) in [5.41, 5.74) is 0. The molecule has 0 saturated heterocycles. The van der Waals surface area contributed by atoms with Crippen LogP contribution in [-0.4, -0.2) is 11.1 Å². The fraction of sp³-hybridized carbons (Fsp3) is 0.650. The maximum absolute atomic E-state index is 10.9. The summed E-state index contributed by atoms with van der Waals surface area (Å²) in [5.74, 6) is -0.775. The van der Waals surface area contributed by atoms with Crippen LogP contribution in [0.2, 0.25) is 0 Å². The smallest absolute Gasteiger partial charge is 0.306 e. The third-order valence-corrected chi connectivity index (χ3v) is 3.80. The van der Waals surface area contributed by atoms with Crippen LogP contribution in [0.4, 0.5) is 0 Å². The van der Waals surface area contributed by atoms with E-state index in [0.29, 0.717) is 0 Å². The zero-order chi connectivity index (χ0) is 16.5. The second-order valence-electron chi connectivity index (χ2n) is 5.73. The van der Waals surface area contributed by atoms with Gasteiger partial charge in [-0.25, -0.2) is 0 Å². The fourth-order valence-electron chi connectivity index (χ4n) is 2.34. The Hall–Kier alpha value is -1.31. The quantitative estimate of drug-likeness (QED) is 0.302. The molecule has 0 aromatic carbocycles. The Morgan fingerprint density at radius 3 is 2.05 bits per heavy atom. The second-order valence-corrected chi connectivity index (χ2v) is 5.73. The minimum absolute atomic E-state index is 0.140. The first-order valence-electron chi connectivity index (χ1n) is 8.90. The Bertz CT molecular complexity index is 340. The average Bonchev–Trinajstić information content (AvgIpc) is 2.51. The molecule has 22 heavy (non-hydrogen) atoms. The number of carboxylic acids is 1. The van der Waals surface area contributed by atoms with E-state index in [0.717, 1.165) is 51.4 Å². The Morgan fingerprint density at radius 2 is 1.45 bits per heavy atom. The van der Waals surface area contributed by atoms with Crippen LogP contribution < -0.4 is 0 Å². The minimum atomic E-state index is -0.635. The molecular weight excluding hydrogens is 272 g/mol. The van der Waals surface area contributed by atoms with Crippen LogP contribution in [0.3, 0.4) is 0 Å². The molecule has 0 spiro atoms. The number of carbonyl (C=O) groups is 1. The summed E-state index contributed by atoms with van der Waals surface area (Å²) in [4.78, 5) is 10.9. The standard InChI is InChI=1S/C20H34O2/c1-3-5-6-7-8-9-10-11-12-13-14-15-16-17-18-19(4-2)20(21)22/h5-6,8-9,11-12,19H,3-4,7,10,13-18H2,1-2H3,(H,21,22). The monoisotopic (exact) mass is 306 g/mol. The molecule has 0 aromatic heterocycles. The van der Waals surface area contributed by atoms with Gasteiger partial charge in [0.25, 0.3) is 0 Å². The highest BCUT2D eigenvalue weighted by atomic mass is 16.4. The van der Waals surface area contributed by atoms with Crippen LogP contribution in [-0.2, 0) is 4.79 Å². The van der Waals surface area contributed by atoms with Crippen molar-refractivity contribution in [1.82, 2.24) is 0 Å². The SMILES string of the molecule is CCC=CCC=CCC=CCCCCCCC(CC)C(=O)O. The molecule has 0 aliphatic rings. The molecule has 0 rings (SSSR count). The summed E-state index contributed by atoms with van der Waals surface area (Å²) >= 11 is 0. The van der Waals surface area contributed by atoms with Gasteiger partial charge >= 0.3 is 5.97 Å². The number of rotatable bonds is 14. The molecule has 1 atom stereocenters. The van der Waals surface area contributed by atoms with Gasteiger partial charge in [0.2, 0.25) is 0 Å². The number of allylic oxidation sites excluding steroid dienone is 6. The van der Waals surface area contributed by atoms with E-state index in [-0.39, 0.29) is 5.92 Å². The second kappa shape index (κ2) is 16.1. The largest absolute Gasteiger partial charge is 0.481 e. The van der Waals surface area contributed by atoms with Crippen molar-refractivity contribution >= 4 is 5.97 Å². The van der Waals surface area contributed by atoms with Crippen LogP contribution in [0.1, 0.15) is 78.1 Å². The van der Waals surface area contributed by atoms with Crippen LogP contribution in [0.15, 0.2) is 36.5 Å². The van der Waals surface area contributed by atoms with Gasteiger partial charge in [0.1, 0.15) is 0 Å². The predicted molar refractivity (Wildman–Crippen MR) is 96.1 cm³/mol. The number of hydrogen-bond donors (Lipinski definition) is 1. The van der Waals surface area contributed by atoms with E-state index in [2.05, 4.69) is 43.4 Å². The first-order valence-corrected chi connectivity index (χ1v) is 8.90. The van der Waals surface area contributed by atoms with E-state index < -0.39 is 5.97 Å². The lowest BCUT2D eigenvalue weighted by molar-refractivity contribution is -0.142. The number of aliphatic carboxylic acids is 1. The first kappa shape index (κ1) is 20.7. The molecule has 0 amide bonds. The van der Waals surface area contributed by atoms with Crippen molar-refractivity contribution in [3.05, 3.63) is 36.5 Å². The van der Waals surface area contributed by atoms with Gasteiger partial charge in [-0.2, -0.15) is 0 Å². The van der Waals surface area contributed by atoms with Gasteiger partial charge in [-0.1, -0.05) is 69.6 Å². The van der Waals surface area contributed by atoms with Crippen molar-refractivity contribution < 1.29 is 9.90 Å². The van der Waals surface area contributed by atoms with Crippen LogP contribution >= 0.6 is 0 Å². The third-order valence-electron chi connectivity index (χ3n) is 3.80. The van der Waals surface area contributed by atoms with Crippen LogP contribution in [0.5, 0.6) is 0 Å². The summed E-state index contributed by atoms with van der Waals surface area (Å²) in [7, 11) is 0. The molecule has 2 heteroatoms. The van der Waals surface area contributed by atoms with E-state index >= 15 is 0 Å². The molecule has 0 aromatic rings. The summed E-state index contributed by atoms with van der Waals surface area (Å²) in [6.45, 7) is 4.11. The Balaban J connectivity index is 3.40. The van der Waals surface area contributed by atoms with Gasteiger partial charge in [0.05, 0.1) is 5.92 Å². The number of carboxylic acid groups (broad SMARTS) is 1. The lowest BCUT2D eigenvalue weighted by Gasteiger charge is -2.08. The van der Waals surface area contributed by atoms with E-state index in [1.807, 2.05) is 6.92 Å². The first-order chi connectivity index (χ1) is 10.7. The van der Waals surface area contributed by atoms with E-state index in [4.69, 9.17) is 5.11 Å². The lowest BCUT2D eigenvalue weighted by atomic mass is 9.98. The van der Waals surface area contributed by atoms with Gasteiger partial charge in [-0.05, 0) is 44.9 Å². The van der Waals surface area contributed by atoms with E-state index in [1.165, 1.54) is 12.8 Å². The van der Waals surface area contributed by atoms with Crippen LogP contribution in [0, 0.1) is 5.92 Å². The van der Waals surface area contributed by atoms with Gasteiger partial charge in [0, 0.05) is 0 Å². The Kier molecular flexibility index (Phi) is 15.1. The fourth-order valence-corrected chi connectivity index (χ4v) is 2.34. The molecule has 1 unspecified atom stereocenters. The Labute approximate surface area is 137 Å². The van der Waals surface area contributed by atoms with Gasteiger partial charge in [0.15, 0.2) is 0 Å². The molecule has 2 nitrogen and oxygen atoms in total. The molecule has 0 bridgehead atoms. The van der Waals surface area contributed by atoms with E-state index in [1.54, 1.807) is 0 Å². The van der Waals surface area contributed by atoms with Crippen molar-refractivity contribution in [2.45, 2.75) is 78.1 Å². The van der Waals surface area contributed by atoms with Crippen LogP contribution in [0.25, 0.3) is 0 Å². The highest BCUT2D eigenvalue weighted by molar-refractivity contribution is 5.69. The van der Waals surface area contributed by atoms with Gasteiger partial charge in [-0.15, -0.1) is 0 Å². The van der Waals surface area contributed by atoms with Crippen molar-refractivity contribution in [3.8, 4) is 0 Å². The molecule has 126 valence electrons. The maximum atomic E-state index is 10.9.